The van der Waals surface area contributed by atoms with Gasteiger partial charge >= 0.3 is 5.97 Å². The van der Waals surface area contributed by atoms with E-state index in [2.05, 4.69) is 6.92 Å². The minimum Gasteiger partial charge on any atom is -0.423 e. The molecule has 36 heavy (non-hydrogen) atoms. The molecule has 0 radical (unpaired) electrons. The zero-order valence-electron chi connectivity index (χ0n) is 20.9. The maximum Gasteiger partial charge on any atom is 0.314 e. The molecule has 0 atom stereocenters. The summed E-state index contributed by atoms with van der Waals surface area (Å²) in [5.74, 6) is -4.95. The lowest BCUT2D eigenvalue weighted by atomic mass is 9.76. The molecule has 0 saturated heterocycles. The fraction of sp³-hybridized carbons (Fsp3) is 0.552. The lowest BCUT2D eigenvalue weighted by molar-refractivity contribution is -0.140. The molecule has 196 valence electrons. The minimum atomic E-state index is -1.22. The molecule has 0 heterocycles. The Morgan fingerprint density at radius 2 is 1.33 bits per heavy atom. The van der Waals surface area contributed by atoms with Gasteiger partial charge in [-0.15, -0.1) is 0 Å². The van der Waals surface area contributed by atoms with E-state index in [0.717, 1.165) is 25.7 Å². The number of rotatable bonds is 7. The second kappa shape index (κ2) is 11.8. The van der Waals surface area contributed by atoms with Crippen LogP contribution in [-0.2, 0) is 16.1 Å². The average Bonchev–Trinajstić information content (AvgIpc) is 2.89. The monoisotopic (exact) mass is 506 g/mol. The fourth-order valence-electron chi connectivity index (χ4n) is 5.59. The first-order chi connectivity index (χ1) is 17.3. The van der Waals surface area contributed by atoms with Crippen molar-refractivity contribution in [2.75, 3.05) is 6.61 Å². The number of hydrogen-bond donors (Lipinski definition) is 0. The number of halogens is 4. The van der Waals surface area contributed by atoms with E-state index in [1.54, 1.807) is 19.1 Å². The number of benzene rings is 2. The topological polar surface area (TPSA) is 35.5 Å². The summed E-state index contributed by atoms with van der Waals surface area (Å²) >= 11 is 0. The van der Waals surface area contributed by atoms with E-state index in [0.29, 0.717) is 49.3 Å². The van der Waals surface area contributed by atoms with Crippen LogP contribution >= 0.6 is 0 Å². The molecule has 2 saturated carbocycles. The summed E-state index contributed by atoms with van der Waals surface area (Å²) < 4.78 is 69.0. The molecule has 0 spiro atoms. The van der Waals surface area contributed by atoms with Crippen LogP contribution in [0.1, 0.15) is 93.7 Å². The summed E-state index contributed by atoms with van der Waals surface area (Å²) in [4.78, 5) is 12.6. The van der Waals surface area contributed by atoms with Crippen molar-refractivity contribution < 1.29 is 31.8 Å². The van der Waals surface area contributed by atoms with E-state index in [4.69, 9.17) is 9.47 Å². The molecule has 0 amide bonds. The highest BCUT2D eigenvalue weighted by molar-refractivity contribution is 5.75. The highest BCUT2D eigenvalue weighted by Gasteiger charge is 2.32. The number of carbonyl (C=O) groups is 1. The standard InChI is InChI=1S/C29H34F4O3/c1-3-35-16-21-12-15-24(28(33)25(21)30)36-29(34)20-10-8-19(9-11-20)23-14-13-22(26(31)27(23)32)18-6-4-17(2)5-7-18/h12-15,17-20H,3-11,16H2,1-2H3. The van der Waals surface area contributed by atoms with Gasteiger partial charge in [-0.3, -0.25) is 4.79 Å². The van der Waals surface area contributed by atoms with Crippen molar-refractivity contribution in [3.8, 4) is 5.75 Å². The van der Waals surface area contributed by atoms with Crippen LogP contribution in [0.25, 0.3) is 0 Å². The lowest BCUT2D eigenvalue weighted by Crippen LogP contribution is -2.26. The van der Waals surface area contributed by atoms with Crippen molar-refractivity contribution in [1.82, 2.24) is 0 Å². The molecular weight excluding hydrogens is 472 g/mol. The zero-order chi connectivity index (χ0) is 25.8. The highest BCUT2D eigenvalue weighted by Crippen LogP contribution is 2.41. The first-order valence-corrected chi connectivity index (χ1v) is 13.0. The van der Waals surface area contributed by atoms with E-state index >= 15 is 4.39 Å². The zero-order valence-corrected chi connectivity index (χ0v) is 20.9. The van der Waals surface area contributed by atoms with Gasteiger partial charge in [-0.2, -0.15) is 4.39 Å². The fourth-order valence-corrected chi connectivity index (χ4v) is 5.59. The average molecular weight is 507 g/mol. The Hall–Kier alpha value is -2.41. The van der Waals surface area contributed by atoms with E-state index in [-0.39, 0.29) is 24.0 Å². The Morgan fingerprint density at radius 1 is 0.778 bits per heavy atom. The smallest absolute Gasteiger partial charge is 0.314 e. The molecule has 0 unspecified atom stereocenters. The molecule has 0 bridgehead atoms. The molecule has 4 rings (SSSR count). The van der Waals surface area contributed by atoms with Gasteiger partial charge in [-0.05, 0) is 86.5 Å². The van der Waals surface area contributed by atoms with Gasteiger partial charge in [0.25, 0.3) is 0 Å². The predicted octanol–water partition coefficient (Wildman–Crippen LogP) is 7.95. The normalized spacial score (nSPS) is 24.5. The van der Waals surface area contributed by atoms with E-state index < -0.39 is 40.9 Å². The molecule has 2 aliphatic carbocycles. The van der Waals surface area contributed by atoms with Crippen LogP contribution in [0.2, 0.25) is 0 Å². The minimum absolute atomic E-state index is 0.0491. The van der Waals surface area contributed by atoms with Gasteiger partial charge in [-0.1, -0.05) is 31.9 Å². The Bertz CT molecular complexity index is 1070. The molecule has 2 aliphatic rings. The summed E-state index contributed by atoms with van der Waals surface area (Å²) in [6.07, 6.45) is 5.59. The van der Waals surface area contributed by atoms with Crippen molar-refractivity contribution in [1.29, 1.82) is 0 Å². The van der Waals surface area contributed by atoms with Crippen molar-refractivity contribution in [2.24, 2.45) is 11.8 Å². The number of ether oxygens (including phenoxy) is 2. The Labute approximate surface area is 210 Å². The van der Waals surface area contributed by atoms with Crippen LogP contribution in [0.3, 0.4) is 0 Å². The summed E-state index contributed by atoms with van der Waals surface area (Å²) in [6.45, 7) is 4.23. The number of esters is 1. The second-order valence-electron chi connectivity index (χ2n) is 10.3. The summed E-state index contributed by atoms with van der Waals surface area (Å²) in [5.41, 5.74) is 0.875. The largest absolute Gasteiger partial charge is 0.423 e. The molecule has 7 heteroatoms. The van der Waals surface area contributed by atoms with E-state index in [1.807, 2.05) is 0 Å². The second-order valence-corrected chi connectivity index (χ2v) is 10.3. The van der Waals surface area contributed by atoms with Crippen molar-refractivity contribution in [2.45, 2.75) is 83.7 Å². The molecule has 2 fully saturated rings. The molecule has 0 N–H and O–H groups in total. The Balaban J connectivity index is 1.36. The predicted molar refractivity (Wildman–Crippen MR) is 129 cm³/mol. The van der Waals surface area contributed by atoms with Crippen LogP contribution in [0, 0.1) is 35.1 Å². The molecule has 2 aromatic rings. The third-order valence-corrected chi connectivity index (χ3v) is 7.90. The van der Waals surface area contributed by atoms with Gasteiger partial charge in [0.05, 0.1) is 12.5 Å². The third kappa shape index (κ3) is 5.77. The molecule has 2 aromatic carbocycles. The number of hydrogen-bond acceptors (Lipinski definition) is 3. The Kier molecular flexibility index (Phi) is 8.70. The van der Waals surface area contributed by atoms with Crippen LogP contribution in [-0.4, -0.2) is 12.6 Å². The van der Waals surface area contributed by atoms with Gasteiger partial charge in [-0.25, -0.2) is 13.2 Å². The first-order valence-electron chi connectivity index (χ1n) is 13.0. The van der Waals surface area contributed by atoms with Crippen molar-refractivity contribution >= 4 is 5.97 Å². The van der Waals surface area contributed by atoms with Crippen LogP contribution in [0.15, 0.2) is 24.3 Å². The maximum atomic E-state index is 15.1. The third-order valence-electron chi connectivity index (χ3n) is 7.90. The molecule has 3 nitrogen and oxygen atoms in total. The first kappa shape index (κ1) is 26.6. The van der Waals surface area contributed by atoms with Gasteiger partial charge in [0.2, 0.25) is 5.82 Å². The van der Waals surface area contributed by atoms with Gasteiger partial charge < -0.3 is 9.47 Å². The molecule has 0 aromatic heterocycles. The summed E-state index contributed by atoms with van der Waals surface area (Å²) in [5, 5.41) is 0. The van der Waals surface area contributed by atoms with Crippen molar-refractivity contribution in [3.63, 3.8) is 0 Å². The lowest BCUT2D eigenvalue weighted by Gasteiger charge is -2.29. The SMILES string of the molecule is CCOCc1ccc(OC(=O)C2CCC(c3ccc(C4CCC(C)CC4)c(F)c3F)CC2)c(F)c1F. The molecular formula is C29H34F4O3. The Morgan fingerprint density at radius 3 is 1.89 bits per heavy atom. The van der Waals surface area contributed by atoms with Crippen LogP contribution in [0.5, 0.6) is 5.75 Å². The maximum absolute atomic E-state index is 15.1. The quantitative estimate of drug-likeness (QED) is 0.217. The summed E-state index contributed by atoms with van der Waals surface area (Å²) in [6, 6.07) is 6.00. The van der Waals surface area contributed by atoms with E-state index in [1.165, 1.54) is 12.1 Å². The van der Waals surface area contributed by atoms with Crippen LogP contribution in [0.4, 0.5) is 17.6 Å². The number of carbonyl (C=O) groups excluding carboxylic acids is 1. The highest BCUT2D eigenvalue weighted by atomic mass is 19.2. The van der Waals surface area contributed by atoms with Crippen LogP contribution < -0.4 is 4.74 Å². The summed E-state index contributed by atoms with van der Waals surface area (Å²) in [7, 11) is 0. The van der Waals surface area contributed by atoms with E-state index in [9.17, 15) is 18.0 Å². The van der Waals surface area contributed by atoms with Gasteiger partial charge in [0, 0.05) is 12.2 Å². The van der Waals surface area contributed by atoms with Gasteiger partial charge in [0.15, 0.2) is 23.2 Å². The van der Waals surface area contributed by atoms with Gasteiger partial charge in [0.1, 0.15) is 0 Å². The van der Waals surface area contributed by atoms with Crippen molar-refractivity contribution in [3.05, 3.63) is 64.2 Å². The molecule has 0 aliphatic heterocycles.